The fraction of sp³-hybridized carbons (Fsp3) is 0.571. The van der Waals surface area contributed by atoms with Crippen molar-refractivity contribution < 1.29 is 18.3 Å². The summed E-state index contributed by atoms with van der Waals surface area (Å²) in [6.45, 7) is 5.84. The molecule has 1 aliphatic rings. The maximum Gasteiger partial charge on any atom is 0.244 e. The normalized spacial score (nSPS) is 20.7. The van der Waals surface area contributed by atoms with Gasteiger partial charge in [0.05, 0.1) is 30.8 Å². The second kappa shape index (κ2) is 5.92. The number of morpholine rings is 1. The van der Waals surface area contributed by atoms with Crippen LogP contribution >= 0.6 is 0 Å². The van der Waals surface area contributed by atoms with Gasteiger partial charge in [-0.2, -0.15) is 4.31 Å². The van der Waals surface area contributed by atoms with E-state index >= 15 is 0 Å². The minimum absolute atomic E-state index is 0.204. The smallest absolute Gasteiger partial charge is 0.244 e. The van der Waals surface area contributed by atoms with Gasteiger partial charge >= 0.3 is 0 Å². The molecule has 1 unspecified atom stereocenters. The molecule has 1 aromatic rings. The zero-order valence-corrected chi connectivity index (χ0v) is 13.4. The lowest BCUT2D eigenvalue weighted by atomic mass is 10.1. The van der Waals surface area contributed by atoms with Gasteiger partial charge in [0.1, 0.15) is 0 Å². The highest BCUT2D eigenvalue weighted by molar-refractivity contribution is 7.89. The van der Waals surface area contributed by atoms with Crippen LogP contribution in [0.3, 0.4) is 0 Å². The Balaban J connectivity index is 2.56. The highest BCUT2D eigenvalue weighted by atomic mass is 32.2. The summed E-state index contributed by atoms with van der Waals surface area (Å²) in [7, 11) is -3.71. The van der Waals surface area contributed by atoms with E-state index in [-0.39, 0.29) is 24.7 Å². The Hall–Kier alpha value is -1.15. The van der Waals surface area contributed by atoms with Crippen LogP contribution in [0.2, 0.25) is 0 Å². The van der Waals surface area contributed by atoms with Gasteiger partial charge in [-0.05, 0) is 37.5 Å². The van der Waals surface area contributed by atoms with E-state index in [9.17, 15) is 13.5 Å². The molecule has 7 heteroatoms. The molecular formula is C14H22N2O4S. The Labute approximate surface area is 125 Å². The average molecular weight is 314 g/mol. The highest BCUT2D eigenvalue weighted by Crippen LogP contribution is 2.31. The van der Waals surface area contributed by atoms with Crippen LogP contribution in [0.5, 0.6) is 0 Å². The summed E-state index contributed by atoms with van der Waals surface area (Å²) in [5.74, 6) is 0. The lowest BCUT2D eigenvalue weighted by Gasteiger charge is -2.34. The van der Waals surface area contributed by atoms with Crippen LogP contribution in [-0.4, -0.2) is 50.2 Å². The minimum atomic E-state index is -3.71. The number of nitrogens with zero attached hydrogens (tertiary/aromatic N) is 1. The van der Waals surface area contributed by atoms with E-state index in [2.05, 4.69) is 0 Å². The number of rotatable bonds is 3. The molecular weight excluding hydrogens is 292 g/mol. The van der Waals surface area contributed by atoms with Crippen LogP contribution in [-0.2, 0) is 14.8 Å². The molecule has 1 aliphatic heterocycles. The predicted octanol–water partition coefficient (Wildman–Crippen LogP) is 0.576. The van der Waals surface area contributed by atoms with Gasteiger partial charge in [0.25, 0.3) is 0 Å². The van der Waals surface area contributed by atoms with E-state index in [1.165, 1.54) is 4.31 Å². The second-order valence-electron chi connectivity index (χ2n) is 5.41. The maximum atomic E-state index is 13.0. The van der Waals surface area contributed by atoms with E-state index in [1.54, 1.807) is 19.9 Å². The molecule has 0 radical (unpaired) electrons. The number of hydrogen-bond donors (Lipinski definition) is 2. The first-order chi connectivity index (χ1) is 9.80. The van der Waals surface area contributed by atoms with E-state index < -0.39 is 16.1 Å². The van der Waals surface area contributed by atoms with E-state index in [1.807, 2.05) is 6.92 Å². The van der Waals surface area contributed by atoms with Crippen LogP contribution < -0.4 is 5.73 Å². The second-order valence-corrected chi connectivity index (χ2v) is 7.23. The number of aliphatic hydroxyl groups excluding tert-OH is 1. The number of ether oxygens (including phenoxy) is 1. The molecule has 3 N–H and O–H groups in total. The SMILES string of the molecule is Cc1cc(C)c(S(=O)(=O)N2CCOCC2CO)c(C)c1N. The lowest BCUT2D eigenvalue weighted by molar-refractivity contribution is 0.0109. The number of hydrogen-bond acceptors (Lipinski definition) is 5. The molecule has 0 saturated carbocycles. The van der Waals surface area contributed by atoms with Crippen molar-refractivity contribution in [3.05, 3.63) is 22.8 Å². The first-order valence-corrected chi connectivity index (χ1v) is 8.31. The van der Waals surface area contributed by atoms with Gasteiger partial charge in [-0.15, -0.1) is 0 Å². The molecule has 1 heterocycles. The monoisotopic (exact) mass is 314 g/mol. The fourth-order valence-corrected chi connectivity index (χ4v) is 4.83. The van der Waals surface area contributed by atoms with Gasteiger partial charge in [-0.1, -0.05) is 6.07 Å². The number of sulfonamides is 1. The largest absolute Gasteiger partial charge is 0.398 e. The summed E-state index contributed by atoms with van der Waals surface area (Å²) in [6, 6.07) is 1.23. The summed E-state index contributed by atoms with van der Waals surface area (Å²) in [6.07, 6.45) is 0. The summed E-state index contributed by atoms with van der Waals surface area (Å²) in [4.78, 5) is 0.242. The average Bonchev–Trinajstić information content (AvgIpc) is 2.44. The van der Waals surface area contributed by atoms with Crippen LogP contribution in [0.25, 0.3) is 0 Å². The van der Waals surface area contributed by atoms with Gasteiger partial charge in [0, 0.05) is 12.2 Å². The van der Waals surface area contributed by atoms with E-state index in [0.717, 1.165) is 5.56 Å². The first kappa shape index (κ1) is 16.2. The van der Waals surface area contributed by atoms with Crippen LogP contribution in [0.4, 0.5) is 5.69 Å². The zero-order chi connectivity index (χ0) is 15.8. The van der Waals surface area contributed by atoms with Crippen molar-refractivity contribution in [1.82, 2.24) is 4.31 Å². The molecule has 1 aromatic carbocycles. The number of nitrogen functional groups attached to an aromatic ring is 1. The Morgan fingerprint density at radius 2 is 2.05 bits per heavy atom. The third kappa shape index (κ3) is 2.78. The van der Waals surface area contributed by atoms with E-state index in [0.29, 0.717) is 23.4 Å². The molecule has 0 bridgehead atoms. The van der Waals surface area contributed by atoms with Gasteiger partial charge in [-0.3, -0.25) is 0 Å². The predicted molar refractivity (Wildman–Crippen MR) is 80.7 cm³/mol. The van der Waals surface area contributed by atoms with Crippen molar-refractivity contribution in [2.45, 2.75) is 31.7 Å². The summed E-state index contributed by atoms with van der Waals surface area (Å²) >= 11 is 0. The van der Waals surface area contributed by atoms with Crippen molar-refractivity contribution in [2.24, 2.45) is 0 Å². The Bertz CT molecular complexity index is 643. The van der Waals surface area contributed by atoms with Gasteiger partial charge < -0.3 is 15.6 Å². The summed E-state index contributed by atoms with van der Waals surface area (Å²) < 4.78 is 32.5. The molecule has 2 rings (SSSR count). The third-order valence-corrected chi connectivity index (χ3v) is 6.15. The zero-order valence-electron chi connectivity index (χ0n) is 12.6. The number of benzene rings is 1. The fourth-order valence-electron chi connectivity index (χ4n) is 2.80. The molecule has 21 heavy (non-hydrogen) atoms. The van der Waals surface area contributed by atoms with Crippen LogP contribution in [0, 0.1) is 20.8 Å². The van der Waals surface area contributed by atoms with Crippen molar-refractivity contribution in [1.29, 1.82) is 0 Å². The topological polar surface area (TPSA) is 92.9 Å². The van der Waals surface area contributed by atoms with Gasteiger partial charge in [-0.25, -0.2) is 8.42 Å². The molecule has 1 saturated heterocycles. The molecule has 0 aliphatic carbocycles. The quantitative estimate of drug-likeness (QED) is 0.796. The highest BCUT2D eigenvalue weighted by Gasteiger charge is 2.35. The Morgan fingerprint density at radius 1 is 1.38 bits per heavy atom. The van der Waals surface area contributed by atoms with E-state index in [4.69, 9.17) is 10.5 Å². The van der Waals surface area contributed by atoms with Gasteiger partial charge in [0.2, 0.25) is 10.0 Å². The summed E-state index contributed by atoms with van der Waals surface area (Å²) in [5.41, 5.74) is 8.58. The van der Waals surface area contributed by atoms with Crippen molar-refractivity contribution in [3.8, 4) is 0 Å². The van der Waals surface area contributed by atoms with Crippen molar-refractivity contribution >= 4 is 15.7 Å². The molecule has 0 aromatic heterocycles. The molecule has 0 spiro atoms. The number of anilines is 1. The maximum absolute atomic E-state index is 13.0. The van der Waals surface area contributed by atoms with Crippen LogP contribution in [0.1, 0.15) is 16.7 Å². The number of nitrogens with two attached hydrogens (primary N) is 1. The Morgan fingerprint density at radius 3 is 2.67 bits per heavy atom. The lowest BCUT2D eigenvalue weighted by Crippen LogP contribution is -2.50. The Kier molecular flexibility index (Phi) is 4.57. The molecule has 118 valence electrons. The van der Waals surface area contributed by atoms with Crippen molar-refractivity contribution in [2.75, 3.05) is 32.1 Å². The van der Waals surface area contributed by atoms with Gasteiger partial charge in [0.15, 0.2) is 0 Å². The number of aliphatic hydroxyl groups is 1. The molecule has 6 nitrogen and oxygen atoms in total. The third-order valence-electron chi connectivity index (χ3n) is 3.91. The minimum Gasteiger partial charge on any atom is -0.398 e. The standard InChI is InChI=1S/C14H22N2O4S/c1-9-6-10(2)14(11(3)13(9)15)21(18,19)16-4-5-20-8-12(16)7-17/h6,12,17H,4-5,7-8,15H2,1-3H3. The molecule has 0 amide bonds. The molecule has 1 atom stereocenters. The molecule has 1 fully saturated rings. The van der Waals surface area contributed by atoms with Crippen molar-refractivity contribution in [3.63, 3.8) is 0 Å². The number of aryl methyl sites for hydroxylation is 2. The first-order valence-electron chi connectivity index (χ1n) is 6.87. The summed E-state index contributed by atoms with van der Waals surface area (Å²) in [5, 5.41) is 9.40. The van der Waals surface area contributed by atoms with Crippen LogP contribution in [0.15, 0.2) is 11.0 Å².